The van der Waals surface area contributed by atoms with Crippen LogP contribution in [0.5, 0.6) is 0 Å². The standard InChI is InChI=1S/C20H32/c1-17-18(2)20(17)13-9-5-3-7-11-19(15-16-19)12-8-4-6-10-14-20/h1-16H2. The molecule has 3 aliphatic rings. The zero-order valence-electron chi connectivity index (χ0n) is 13.3. The van der Waals surface area contributed by atoms with Crippen molar-refractivity contribution in [2.45, 2.75) is 89.9 Å². The number of allylic oxidation sites excluding steroid dienone is 2. The van der Waals surface area contributed by atoms with Crippen molar-refractivity contribution >= 4 is 0 Å². The third kappa shape index (κ3) is 2.90. The zero-order chi connectivity index (χ0) is 14.1. The van der Waals surface area contributed by atoms with E-state index in [1.807, 2.05) is 0 Å². The lowest BCUT2D eigenvalue weighted by Crippen LogP contribution is -2.04. The van der Waals surface area contributed by atoms with E-state index in [2.05, 4.69) is 13.2 Å². The summed E-state index contributed by atoms with van der Waals surface area (Å²) in [7, 11) is 0. The molecule has 0 saturated heterocycles. The highest BCUT2D eigenvalue weighted by molar-refractivity contribution is 5.59. The molecular weight excluding hydrogens is 240 g/mol. The first-order valence-electron chi connectivity index (χ1n) is 9.08. The second-order valence-electron chi connectivity index (χ2n) is 7.87. The van der Waals surface area contributed by atoms with E-state index < -0.39 is 0 Å². The van der Waals surface area contributed by atoms with Gasteiger partial charge in [-0.05, 0) is 55.1 Å². The quantitative estimate of drug-likeness (QED) is 0.467. The van der Waals surface area contributed by atoms with Gasteiger partial charge in [-0.15, -0.1) is 0 Å². The predicted molar refractivity (Wildman–Crippen MR) is 87.8 cm³/mol. The van der Waals surface area contributed by atoms with Gasteiger partial charge in [-0.1, -0.05) is 64.5 Å². The molecule has 3 saturated carbocycles. The van der Waals surface area contributed by atoms with E-state index in [1.54, 1.807) is 0 Å². The minimum atomic E-state index is 0.391. The Morgan fingerprint density at radius 3 is 1.25 bits per heavy atom. The van der Waals surface area contributed by atoms with Crippen molar-refractivity contribution in [3.05, 3.63) is 24.3 Å². The van der Waals surface area contributed by atoms with E-state index in [4.69, 9.17) is 0 Å². The van der Waals surface area contributed by atoms with Crippen LogP contribution in [0.3, 0.4) is 0 Å². The fraction of sp³-hybridized carbons (Fsp3) is 0.800. The lowest BCUT2D eigenvalue weighted by atomic mass is 9.87. The Labute approximate surface area is 125 Å². The van der Waals surface area contributed by atoms with Gasteiger partial charge >= 0.3 is 0 Å². The molecule has 0 aromatic carbocycles. The molecule has 2 spiro atoms. The molecule has 0 aliphatic heterocycles. The van der Waals surface area contributed by atoms with Crippen molar-refractivity contribution in [2.24, 2.45) is 10.8 Å². The number of hydrogen-bond donors (Lipinski definition) is 0. The largest absolute Gasteiger partial charge is 0.0946 e. The lowest BCUT2D eigenvalue weighted by molar-refractivity contribution is 0.364. The molecule has 0 amide bonds. The SMILES string of the molecule is C=C1C(=C)C12CCCCCCC1(CCCCCC2)CC1. The Hall–Kier alpha value is -0.520. The van der Waals surface area contributed by atoms with Gasteiger partial charge in [-0.2, -0.15) is 0 Å². The maximum atomic E-state index is 4.25. The van der Waals surface area contributed by atoms with Crippen LogP contribution in [0.2, 0.25) is 0 Å². The van der Waals surface area contributed by atoms with Crippen LogP contribution in [0.15, 0.2) is 24.3 Å². The fourth-order valence-corrected chi connectivity index (χ4v) is 4.58. The van der Waals surface area contributed by atoms with Crippen LogP contribution < -0.4 is 0 Å². The van der Waals surface area contributed by atoms with Gasteiger partial charge in [0.05, 0.1) is 0 Å². The summed E-state index contributed by atoms with van der Waals surface area (Å²) < 4.78 is 0. The Bertz CT molecular complexity index is 349. The van der Waals surface area contributed by atoms with Crippen molar-refractivity contribution in [1.29, 1.82) is 0 Å². The molecule has 0 radical (unpaired) electrons. The molecule has 0 nitrogen and oxygen atoms in total. The van der Waals surface area contributed by atoms with Gasteiger partial charge in [0.25, 0.3) is 0 Å². The first-order valence-corrected chi connectivity index (χ1v) is 9.08. The summed E-state index contributed by atoms with van der Waals surface area (Å²) in [5.74, 6) is 0. The van der Waals surface area contributed by atoms with Gasteiger partial charge < -0.3 is 0 Å². The van der Waals surface area contributed by atoms with Crippen LogP contribution >= 0.6 is 0 Å². The van der Waals surface area contributed by atoms with Gasteiger partial charge in [0.2, 0.25) is 0 Å². The summed E-state index contributed by atoms with van der Waals surface area (Å²) in [5.41, 5.74) is 4.00. The van der Waals surface area contributed by atoms with Gasteiger partial charge in [-0.25, -0.2) is 0 Å². The highest BCUT2D eigenvalue weighted by Gasteiger charge is 2.50. The fourth-order valence-electron chi connectivity index (χ4n) is 4.58. The zero-order valence-corrected chi connectivity index (χ0v) is 13.3. The van der Waals surface area contributed by atoms with Crippen molar-refractivity contribution in [2.75, 3.05) is 0 Å². The topological polar surface area (TPSA) is 0 Å². The Morgan fingerprint density at radius 2 is 0.900 bits per heavy atom. The Kier molecular flexibility index (Phi) is 4.11. The summed E-state index contributed by atoms with van der Waals surface area (Å²) in [6.45, 7) is 8.51. The first kappa shape index (κ1) is 14.4. The highest BCUT2D eigenvalue weighted by atomic mass is 14.5. The number of rotatable bonds is 0. The van der Waals surface area contributed by atoms with Crippen LogP contribution in [-0.2, 0) is 0 Å². The molecule has 0 unspecified atom stereocenters. The van der Waals surface area contributed by atoms with E-state index in [0.717, 1.165) is 5.41 Å². The molecule has 3 fully saturated rings. The maximum absolute atomic E-state index is 4.25. The molecule has 0 heteroatoms. The van der Waals surface area contributed by atoms with Gasteiger partial charge in [0, 0.05) is 5.41 Å². The van der Waals surface area contributed by atoms with E-state index >= 15 is 0 Å². The van der Waals surface area contributed by atoms with Gasteiger partial charge in [-0.3, -0.25) is 0 Å². The van der Waals surface area contributed by atoms with E-state index in [0.29, 0.717) is 5.41 Å². The smallest absolute Gasteiger partial charge is 0.0196 e. The van der Waals surface area contributed by atoms with Gasteiger partial charge in [0.15, 0.2) is 0 Å². The molecule has 0 aromatic rings. The third-order valence-electron chi connectivity index (χ3n) is 6.54. The van der Waals surface area contributed by atoms with Crippen LogP contribution in [0, 0.1) is 10.8 Å². The molecule has 0 bridgehead atoms. The molecule has 112 valence electrons. The highest BCUT2D eigenvalue weighted by Crippen LogP contribution is 2.62. The molecule has 0 atom stereocenters. The van der Waals surface area contributed by atoms with E-state index in [1.165, 1.54) is 101 Å². The third-order valence-corrected chi connectivity index (χ3v) is 6.54. The van der Waals surface area contributed by atoms with Gasteiger partial charge in [0.1, 0.15) is 0 Å². The van der Waals surface area contributed by atoms with E-state index in [-0.39, 0.29) is 0 Å². The average molecular weight is 272 g/mol. The monoisotopic (exact) mass is 272 g/mol. The van der Waals surface area contributed by atoms with E-state index in [9.17, 15) is 0 Å². The molecule has 0 aromatic heterocycles. The van der Waals surface area contributed by atoms with Crippen molar-refractivity contribution in [3.63, 3.8) is 0 Å². The summed E-state index contributed by atoms with van der Waals surface area (Å²) in [5, 5.41) is 0. The minimum Gasteiger partial charge on any atom is -0.0946 e. The Morgan fingerprint density at radius 1 is 0.500 bits per heavy atom. The summed E-state index contributed by atoms with van der Waals surface area (Å²) >= 11 is 0. The minimum absolute atomic E-state index is 0.391. The molecule has 20 heavy (non-hydrogen) atoms. The van der Waals surface area contributed by atoms with Crippen molar-refractivity contribution < 1.29 is 0 Å². The van der Waals surface area contributed by atoms with Crippen LogP contribution in [0.25, 0.3) is 0 Å². The van der Waals surface area contributed by atoms with Crippen molar-refractivity contribution in [3.8, 4) is 0 Å². The second-order valence-corrected chi connectivity index (χ2v) is 7.87. The Balaban J connectivity index is 1.51. The van der Waals surface area contributed by atoms with Crippen LogP contribution in [-0.4, -0.2) is 0 Å². The summed E-state index contributed by atoms with van der Waals surface area (Å²) in [6, 6.07) is 0. The summed E-state index contributed by atoms with van der Waals surface area (Å²) in [4.78, 5) is 0. The summed E-state index contributed by atoms with van der Waals surface area (Å²) in [6.07, 6.45) is 20.3. The second kappa shape index (κ2) is 5.70. The number of hydrogen-bond acceptors (Lipinski definition) is 0. The predicted octanol–water partition coefficient (Wildman–Crippen LogP) is 6.57. The molecule has 3 rings (SSSR count). The van der Waals surface area contributed by atoms with Crippen LogP contribution in [0.1, 0.15) is 89.9 Å². The first-order chi connectivity index (χ1) is 9.69. The van der Waals surface area contributed by atoms with Crippen LogP contribution in [0.4, 0.5) is 0 Å². The molecular formula is C20H32. The molecule has 0 heterocycles. The normalized spacial score (nSPS) is 30.2. The maximum Gasteiger partial charge on any atom is 0.0196 e. The average Bonchev–Trinajstić information content (AvgIpc) is 3.32. The molecule has 3 aliphatic carbocycles. The molecule has 0 N–H and O–H groups in total. The lowest BCUT2D eigenvalue weighted by Gasteiger charge is -2.18. The van der Waals surface area contributed by atoms with Crippen molar-refractivity contribution in [1.82, 2.24) is 0 Å².